The molecule has 1 aromatic heterocycles. The standard InChI is InChI=1S/C25H30N2O3/c1-18-8-5-9-19(16-18)17-27-15-7-14-26-13-6-10-21(26)23(27)20-11-12-22(28-2)25(30-4)24(20)29-3/h5-6,8-13,16,23H,7,14-15,17H2,1-4H3. The molecule has 2 heterocycles. The Morgan fingerprint density at radius 1 is 0.900 bits per heavy atom. The first-order chi connectivity index (χ1) is 14.7. The molecule has 0 bridgehead atoms. The van der Waals surface area contributed by atoms with Gasteiger partial charge in [0.15, 0.2) is 11.5 Å². The summed E-state index contributed by atoms with van der Waals surface area (Å²) in [5, 5.41) is 0. The van der Waals surface area contributed by atoms with E-state index in [0.29, 0.717) is 11.5 Å². The molecule has 5 heteroatoms. The van der Waals surface area contributed by atoms with Crippen LogP contribution in [0.15, 0.2) is 54.7 Å². The topological polar surface area (TPSA) is 35.9 Å². The molecule has 1 aliphatic rings. The highest BCUT2D eigenvalue weighted by Gasteiger charge is 2.31. The van der Waals surface area contributed by atoms with Crippen LogP contribution in [0.3, 0.4) is 0 Å². The molecule has 0 N–H and O–H groups in total. The molecule has 1 aliphatic heterocycles. The third kappa shape index (κ3) is 3.77. The predicted octanol–water partition coefficient (Wildman–Crippen LogP) is 4.82. The lowest BCUT2D eigenvalue weighted by Gasteiger charge is -2.32. The molecule has 1 unspecified atom stereocenters. The molecule has 3 aromatic rings. The van der Waals surface area contributed by atoms with Crippen LogP contribution in [0, 0.1) is 6.92 Å². The zero-order chi connectivity index (χ0) is 21.1. The maximum Gasteiger partial charge on any atom is 0.203 e. The van der Waals surface area contributed by atoms with Crippen molar-refractivity contribution in [1.29, 1.82) is 0 Å². The Morgan fingerprint density at radius 2 is 1.73 bits per heavy atom. The molecule has 0 amide bonds. The third-order valence-electron chi connectivity index (χ3n) is 5.85. The zero-order valence-electron chi connectivity index (χ0n) is 18.2. The third-order valence-corrected chi connectivity index (χ3v) is 5.85. The van der Waals surface area contributed by atoms with E-state index in [-0.39, 0.29) is 6.04 Å². The molecule has 0 aliphatic carbocycles. The molecular weight excluding hydrogens is 376 g/mol. The second-order valence-corrected chi connectivity index (χ2v) is 7.77. The average Bonchev–Trinajstić information content (AvgIpc) is 3.14. The van der Waals surface area contributed by atoms with Crippen LogP contribution in [0.5, 0.6) is 17.2 Å². The van der Waals surface area contributed by atoms with Gasteiger partial charge in [0.25, 0.3) is 0 Å². The number of hydrogen-bond acceptors (Lipinski definition) is 4. The number of fused-ring (bicyclic) bond motifs is 1. The summed E-state index contributed by atoms with van der Waals surface area (Å²) in [6.45, 7) is 5.03. The normalized spacial score (nSPS) is 16.6. The van der Waals surface area contributed by atoms with Crippen molar-refractivity contribution in [3.8, 4) is 17.2 Å². The highest BCUT2D eigenvalue weighted by Crippen LogP contribution is 2.46. The number of methoxy groups -OCH3 is 3. The Labute approximate surface area is 178 Å². The van der Waals surface area contributed by atoms with Gasteiger partial charge in [0.2, 0.25) is 5.75 Å². The lowest BCUT2D eigenvalue weighted by molar-refractivity contribution is 0.214. The summed E-state index contributed by atoms with van der Waals surface area (Å²) >= 11 is 0. The van der Waals surface area contributed by atoms with Gasteiger partial charge in [-0.05, 0) is 43.2 Å². The summed E-state index contributed by atoms with van der Waals surface area (Å²) in [7, 11) is 5.00. The second-order valence-electron chi connectivity index (χ2n) is 7.77. The average molecular weight is 407 g/mol. The van der Waals surface area contributed by atoms with Crippen LogP contribution in [-0.4, -0.2) is 37.3 Å². The minimum absolute atomic E-state index is 0.0535. The Morgan fingerprint density at radius 3 is 2.47 bits per heavy atom. The van der Waals surface area contributed by atoms with E-state index < -0.39 is 0 Å². The molecule has 0 saturated carbocycles. The highest BCUT2D eigenvalue weighted by molar-refractivity contribution is 5.58. The summed E-state index contributed by atoms with van der Waals surface area (Å²) in [4.78, 5) is 2.54. The lowest BCUT2D eigenvalue weighted by Crippen LogP contribution is -2.30. The van der Waals surface area contributed by atoms with Gasteiger partial charge >= 0.3 is 0 Å². The maximum atomic E-state index is 5.87. The first kappa shape index (κ1) is 20.4. The fraction of sp³-hybridized carbons (Fsp3) is 0.360. The predicted molar refractivity (Wildman–Crippen MR) is 119 cm³/mol. The molecule has 4 rings (SSSR count). The summed E-state index contributed by atoms with van der Waals surface area (Å²) < 4.78 is 19.4. The van der Waals surface area contributed by atoms with Crippen LogP contribution in [-0.2, 0) is 13.1 Å². The van der Waals surface area contributed by atoms with Gasteiger partial charge < -0.3 is 18.8 Å². The van der Waals surface area contributed by atoms with E-state index in [1.165, 1.54) is 16.8 Å². The summed E-state index contributed by atoms with van der Waals surface area (Å²) in [5.74, 6) is 2.04. The van der Waals surface area contributed by atoms with Crippen molar-refractivity contribution in [3.05, 3.63) is 77.1 Å². The Bertz CT molecular complexity index is 1010. The van der Waals surface area contributed by atoms with Gasteiger partial charge in [0, 0.05) is 37.1 Å². The first-order valence-corrected chi connectivity index (χ1v) is 10.4. The summed E-state index contributed by atoms with van der Waals surface area (Å²) in [5.41, 5.74) is 4.96. The van der Waals surface area contributed by atoms with Crippen molar-refractivity contribution < 1.29 is 14.2 Å². The van der Waals surface area contributed by atoms with E-state index in [9.17, 15) is 0 Å². The quantitative estimate of drug-likeness (QED) is 0.588. The Kier molecular flexibility index (Phi) is 6.00. The van der Waals surface area contributed by atoms with E-state index >= 15 is 0 Å². The van der Waals surface area contributed by atoms with E-state index in [1.807, 2.05) is 6.07 Å². The van der Waals surface area contributed by atoms with E-state index in [4.69, 9.17) is 14.2 Å². The van der Waals surface area contributed by atoms with Gasteiger partial charge in [-0.15, -0.1) is 0 Å². The molecule has 0 saturated heterocycles. The van der Waals surface area contributed by atoms with Crippen LogP contribution in [0.4, 0.5) is 0 Å². The number of hydrogen-bond donors (Lipinski definition) is 0. The van der Waals surface area contributed by atoms with Crippen LogP contribution >= 0.6 is 0 Å². The number of aryl methyl sites for hydroxylation is 2. The SMILES string of the molecule is COc1ccc(C2c3cccn3CCCN2Cc2cccc(C)c2)c(OC)c1OC. The van der Waals surface area contributed by atoms with Gasteiger partial charge in [0.05, 0.1) is 27.4 Å². The van der Waals surface area contributed by atoms with Crippen LogP contribution < -0.4 is 14.2 Å². The molecule has 0 radical (unpaired) electrons. The van der Waals surface area contributed by atoms with Gasteiger partial charge in [-0.25, -0.2) is 0 Å². The van der Waals surface area contributed by atoms with Crippen LogP contribution in [0.2, 0.25) is 0 Å². The fourth-order valence-electron chi connectivity index (χ4n) is 4.55. The van der Waals surface area contributed by atoms with Crippen molar-refractivity contribution in [2.75, 3.05) is 27.9 Å². The molecule has 1 atom stereocenters. The molecule has 2 aromatic carbocycles. The lowest BCUT2D eigenvalue weighted by atomic mass is 9.98. The molecule has 0 spiro atoms. The van der Waals surface area contributed by atoms with E-state index in [0.717, 1.165) is 37.4 Å². The van der Waals surface area contributed by atoms with Crippen molar-refractivity contribution in [3.63, 3.8) is 0 Å². The van der Waals surface area contributed by atoms with Crippen LogP contribution in [0.25, 0.3) is 0 Å². The smallest absolute Gasteiger partial charge is 0.203 e. The molecule has 158 valence electrons. The minimum Gasteiger partial charge on any atom is -0.493 e. The number of benzene rings is 2. The van der Waals surface area contributed by atoms with Crippen molar-refractivity contribution in [2.45, 2.75) is 32.5 Å². The Balaban J connectivity index is 1.84. The molecule has 0 fully saturated rings. The number of ether oxygens (including phenoxy) is 3. The largest absolute Gasteiger partial charge is 0.493 e. The monoisotopic (exact) mass is 406 g/mol. The summed E-state index contributed by atoms with van der Waals surface area (Å²) in [6, 6.07) is 17.2. The molecular formula is C25H30N2O3. The zero-order valence-corrected chi connectivity index (χ0v) is 18.2. The number of nitrogens with zero attached hydrogens (tertiary/aromatic N) is 2. The van der Waals surface area contributed by atoms with Gasteiger partial charge in [0.1, 0.15) is 0 Å². The van der Waals surface area contributed by atoms with Crippen molar-refractivity contribution in [2.24, 2.45) is 0 Å². The van der Waals surface area contributed by atoms with Crippen LogP contribution in [0.1, 0.15) is 34.8 Å². The second kappa shape index (κ2) is 8.84. The van der Waals surface area contributed by atoms with E-state index in [2.05, 4.69) is 65.1 Å². The minimum atomic E-state index is 0.0535. The van der Waals surface area contributed by atoms with Crippen molar-refractivity contribution >= 4 is 0 Å². The van der Waals surface area contributed by atoms with E-state index in [1.54, 1.807) is 21.3 Å². The first-order valence-electron chi connectivity index (χ1n) is 10.4. The molecule has 5 nitrogen and oxygen atoms in total. The van der Waals surface area contributed by atoms with Gasteiger partial charge in [-0.1, -0.05) is 29.8 Å². The molecule has 30 heavy (non-hydrogen) atoms. The van der Waals surface area contributed by atoms with Gasteiger partial charge in [-0.3, -0.25) is 4.90 Å². The van der Waals surface area contributed by atoms with Gasteiger partial charge in [-0.2, -0.15) is 0 Å². The highest BCUT2D eigenvalue weighted by atomic mass is 16.5. The number of aromatic nitrogens is 1. The fourth-order valence-corrected chi connectivity index (χ4v) is 4.55. The summed E-state index contributed by atoms with van der Waals surface area (Å²) in [6.07, 6.45) is 3.27. The number of rotatable bonds is 6. The Hall–Kier alpha value is -2.92. The maximum absolute atomic E-state index is 5.87. The van der Waals surface area contributed by atoms with Crippen molar-refractivity contribution in [1.82, 2.24) is 9.47 Å².